The number of unbranched alkanes of at least 4 members (excludes halogenated alkanes) is 1. The Morgan fingerprint density at radius 3 is 2.61 bits per heavy atom. The van der Waals surface area contributed by atoms with E-state index in [0.29, 0.717) is 18.9 Å². The number of nitrogens with zero attached hydrogens (tertiary/aromatic N) is 1. The zero-order valence-electron chi connectivity index (χ0n) is 12.2. The third kappa shape index (κ3) is 5.69. The van der Waals surface area contributed by atoms with Crippen molar-refractivity contribution < 1.29 is 13.9 Å². The van der Waals surface area contributed by atoms with Crippen LogP contribution in [0.4, 0.5) is 4.39 Å². The van der Waals surface area contributed by atoms with E-state index in [1.165, 1.54) is 24.3 Å². The van der Waals surface area contributed by atoms with E-state index in [1.54, 1.807) is 12.1 Å². The summed E-state index contributed by atoms with van der Waals surface area (Å²) in [7, 11) is 0. The van der Waals surface area contributed by atoms with Gasteiger partial charge in [0.1, 0.15) is 22.4 Å². The number of hydrogen-bond donors (Lipinski definition) is 1. The van der Waals surface area contributed by atoms with Gasteiger partial charge in [0.05, 0.1) is 11.6 Å². The molecular weight excluding hydrogens is 342 g/mol. The highest BCUT2D eigenvalue weighted by Crippen LogP contribution is 2.16. The van der Waals surface area contributed by atoms with Crippen LogP contribution in [0.2, 0.25) is 10.2 Å². The zero-order valence-corrected chi connectivity index (χ0v) is 13.7. The molecule has 2 aromatic rings. The van der Waals surface area contributed by atoms with Crippen LogP contribution in [0.5, 0.6) is 5.75 Å². The summed E-state index contributed by atoms with van der Waals surface area (Å²) < 4.78 is 18.2. The third-order valence-electron chi connectivity index (χ3n) is 2.97. The quantitative estimate of drug-likeness (QED) is 0.599. The van der Waals surface area contributed by atoms with Gasteiger partial charge in [-0.15, -0.1) is 0 Å². The summed E-state index contributed by atoms with van der Waals surface area (Å²) in [6.45, 7) is 0.952. The van der Waals surface area contributed by atoms with Crippen molar-refractivity contribution in [2.24, 2.45) is 0 Å². The summed E-state index contributed by atoms with van der Waals surface area (Å²) in [5.41, 5.74) is 0.113. The minimum atomic E-state index is -0.364. The summed E-state index contributed by atoms with van der Waals surface area (Å²) in [6.07, 6.45) is 1.47. The molecule has 0 saturated carbocycles. The van der Waals surface area contributed by atoms with Crippen LogP contribution in [0, 0.1) is 5.82 Å². The zero-order chi connectivity index (χ0) is 16.7. The van der Waals surface area contributed by atoms with Crippen molar-refractivity contribution in [3.05, 3.63) is 58.1 Å². The van der Waals surface area contributed by atoms with Gasteiger partial charge in [0.25, 0.3) is 5.91 Å². The Labute approximate surface area is 143 Å². The average Bonchev–Trinajstić information content (AvgIpc) is 2.54. The lowest BCUT2D eigenvalue weighted by Crippen LogP contribution is -2.26. The first-order valence-corrected chi connectivity index (χ1v) is 7.80. The van der Waals surface area contributed by atoms with Gasteiger partial charge in [-0.05, 0) is 49.2 Å². The first-order valence-electron chi connectivity index (χ1n) is 7.05. The Bertz CT molecular complexity index is 666. The molecule has 7 heteroatoms. The van der Waals surface area contributed by atoms with Crippen LogP contribution >= 0.6 is 23.2 Å². The predicted molar refractivity (Wildman–Crippen MR) is 87.7 cm³/mol. The molecule has 1 heterocycles. The lowest BCUT2D eigenvalue weighted by Gasteiger charge is -2.08. The first kappa shape index (κ1) is 17.5. The number of aromatic nitrogens is 1. The van der Waals surface area contributed by atoms with E-state index in [1.807, 2.05) is 0 Å². The number of amides is 1. The van der Waals surface area contributed by atoms with E-state index in [9.17, 15) is 9.18 Å². The molecule has 0 fully saturated rings. The SMILES string of the molecule is O=C(NCCCCOc1ccc(F)cc1)c1nc(Cl)ccc1Cl. The van der Waals surface area contributed by atoms with Crippen molar-refractivity contribution in [2.75, 3.05) is 13.2 Å². The Kier molecular flexibility index (Phi) is 6.62. The molecule has 1 aromatic heterocycles. The van der Waals surface area contributed by atoms with Crippen LogP contribution < -0.4 is 10.1 Å². The van der Waals surface area contributed by atoms with Crippen LogP contribution in [0.3, 0.4) is 0 Å². The number of halogens is 3. The standard InChI is InChI=1S/C16H15Cl2FN2O2/c17-13-7-8-14(18)21-15(13)16(22)20-9-1-2-10-23-12-5-3-11(19)4-6-12/h3-8H,1-2,9-10H2,(H,20,22). The Morgan fingerprint density at radius 1 is 1.13 bits per heavy atom. The smallest absolute Gasteiger partial charge is 0.271 e. The summed E-state index contributed by atoms with van der Waals surface area (Å²) in [6, 6.07) is 8.89. The molecule has 1 amide bonds. The van der Waals surface area contributed by atoms with Crippen LogP contribution in [0.25, 0.3) is 0 Å². The van der Waals surface area contributed by atoms with Crippen molar-refractivity contribution in [1.82, 2.24) is 10.3 Å². The van der Waals surface area contributed by atoms with Gasteiger partial charge in [0, 0.05) is 6.54 Å². The molecule has 0 aliphatic rings. The second-order valence-electron chi connectivity index (χ2n) is 4.73. The first-order chi connectivity index (χ1) is 11.1. The van der Waals surface area contributed by atoms with E-state index >= 15 is 0 Å². The predicted octanol–water partition coefficient (Wildman–Crippen LogP) is 4.12. The molecule has 4 nitrogen and oxygen atoms in total. The fraction of sp³-hybridized carbons (Fsp3) is 0.250. The number of carbonyl (C=O) groups excluding carboxylic acids is 1. The minimum absolute atomic E-state index is 0.113. The van der Waals surface area contributed by atoms with E-state index < -0.39 is 0 Å². The molecule has 0 spiro atoms. The molecular formula is C16H15Cl2FN2O2. The second kappa shape index (κ2) is 8.70. The van der Waals surface area contributed by atoms with Crippen LogP contribution in [0.15, 0.2) is 36.4 Å². The summed E-state index contributed by atoms with van der Waals surface area (Å²) in [5.74, 6) is -0.0457. The van der Waals surface area contributed by atoms with Gasteiger partial charge >= 0.3 is 0 Å². The molecule has 0 radical (unpaired) electrons. The molecule has 2 rings (SSSR count). The Hall–Kier alpha value is -1.85. The molecule has 122 valence electrons. The van der Waals surface area contributed by atoms with Gasteiger partial charge in [-0.1, -0.05) is 23.2 Å². The lowest BCUT2D eigenvalue weighted by molar-refractivity contribution is 0.0947. The minimum Gasteiger partial charge on any atom is -0.494 e. The van der Waals surface area contributed by atoms with Crippen LogP contribution in [-0.4, -0.2) is 24.0 Å². The van der Waals surface area contributed by atoms with Crippen LogP contribution in [-0.2, 0) is 0 Å². The second-order valence-corrected chi connectivity index (χ2v) is 5.52. The lowest BCUT2D eigenvalue weighted by atomic mass is 10.3. The van der Waals surface area contributed by atoms with Gasteiger partial charge in [-0.3, -0.25) is 4.79 Å². The van der Waals surface area contributed by atoms with E-state index in [2.05, 4.69) is 10.3 Å². The Balaban J connectivity index is 1.66. The summed E-state index contributed by atoms with van der Waals surface area (Å²) >= 11 is 11.6. The molecule has 0 aliphatic carbocycles. The van der Waals surface area contributed by atoms with E-state index in [-0.39, 0.29) is 27.6 Å². The molecule has 1 N–H and O–H groups in total. The molecule has 0 saturated heterocycles. The summed E-state index contributed by atoms with van der Waals surface area (Å²) in [4.78, 5) is 15.8. The molecule has 0 bridgehead atoms. The average molecular weight is 357 g/mol. The van der Waals surface area contributed by atoms with Gasteiger partial charge in [0.2, 0.25) is 0 Å². The van der Waals surface area contributed by atoms with Gasteiger partial charge < -0.3 is 10.1 Å². The largest absolute Gasteiger partial charge is 0.494 e. The maximum atomic E-state index is 12.7. The molecule has 0 unspecified atom stereocenters. The number of nitrogens with one attached hydrogen (secondary N) is 1. The highest BCUT2D eigenvalue weighted by Gasteiger charge is 2.12. The number of hydrogen-bond acceptors (Lipinski definition) is 3. The summed E-state index contributed by atoms with van der Waals surface area (Å²) in [5, 5.41) is 3.19. The maximum Gasteiger partial charge on any atom is 0.271 e. The number of rotatable bonds is 7. The topological polar surface area (TPSA) is 51.2 Å². The van der Waals surface area contributed by atoms with Crippen molar-refractivity contribution in [2.45, 2.75) is 12.8 Å². The maximum absolute atomic E-state index is 12.7. The molecule has 0 atom stereocenters. The highest BCUT2D eigenvalue weighted by atomic mass is 35.5. The van der Waals surface area contributed by atoms with Crippen molar-refractivity contribution >= 4 is 29.1 Å². The number of ether oxygens (including phenoxy) is 1. The van der Waals surface area contributed by atoms with Crippen LogP contribution in [0.1, 0.15) is 23.3 Å². The van der Waals surface area contributed by atoms with Gasteiger partial charge in [0.15, 0.2) is 0 Å². The van der Waals surface area contributed by atoms with Gasteiger partial charge in [-0.2, -0.15) is 0 Å². The number of carbonyl (C=O) groups is 1. The molecule has 0 aliphatic heterocycles. The fourth-order valence-electron chi connectivity index (χ4n) is 1.81. The Morgan fingerprint density at radius 2 is 1.87 bits per heavy atom. The molecule has 1 aromatic carbocycles. The number of pyridine rings is 1. The van der Waals surface area contributed by atoms with Gasteiger partial charge in [-0.25, -0.2) is 9.37 Å². The van der Waals surface area contributed by atoms with Crippen molar-refractivity contribution in [1.29, 1.82) is 0 Å². The third-order valence-corrected chi connectivity index (χ3v) is 3.48. The normalized spacial score (nSPS) is 10.4. The van der Waals surface area contributed by atoms with Crippen molar-refractivity contribution in [3.63, 3.8) is 0 Å². The molecule has 23 heavy (non-hydrogen) atoms. The fourth-order valence-corrected chi connectivity index (χ4v) is 2.15. The van der Waals surface area contributed by atoms with E-state index in [0.717, 1.165) is 12.8 Å². The van der Waals surface area contributed by atoms with E-state index in [4.69, 9.17) is 27.9 Å². The number of benzene rings is 1. The van der Waals surface area contributed by atoms with Crippen molar-refractivity contribution in [3.8, 4) is 5.75 Å². The monoisotopic (exact) mass is 356 g/mol. The highest BCUT2D eigenvalue weighted by molar-refractivity contribution is 6.34.